The lowest BCUT2D eigenvalue weighted by atomic mass is 10.2. The van der Waals surface area contributed by atoms with E-state index in [9.17, 15) is 4.79 Å². The Hall–Kier alpha value is -3.76. The summed E-state index contributed by atoms with van der Waals surface area (Å²) in [6.07, 6.45) is 4.79. The van der Waals surface area contributed by atoms with E-state index in [4.69, 9.17) is 16.3 Å². The first-order valence-electron chi connectivity index (χ1n) is 10.5. The number of halogens is 1. The van der Waals surface area contributed by atoms with Crippen molar-refractivity contribution >= 4 is 40.0 Å². The Labute approximate surface area is 202 Å². The Balaban J connectivity index is 1.54. The molecule has 0 saturated heterocycles. The molecule has 0 aliphatic carbocycles. The van der Waals surface area contributed by atoms with E-state index in [1.54, 1.807) is 34.8 Å². The minimum absolute atomic E-state index is 0.157. The van der Waals surface area contributed by atoms with Crippen molar-refractivity contribution in [1.82, 2.24) is 34.5 Å². The van der Waals surface area contributed by atoms with Gasteiger partial charge in [0, 0.05) is 51.0 Å². The van der Waals surface area contributed by atoms with Crippen molar-refractivity contribution in [3.63, 3.8) is 0 Å². The number of anilines is 2. The highest BCUT2D eigenvalue weighted by Gasteiger charge is 2.16. The minimum Gasteiger partial charge on any atom is -0.438 e. The molecule has 0 fully saturated rings. The monoisotopic (exact) mass is 480 g/mol. The fourth-order valence-corrected chi connectivity index (χ4v) is 3.41. The summed E-state index contributed by atoms with van der Waals surface area (Å²) in [6, 6.07) is 8.80. The minimum atomic E-state index is -0.157. The SMILES string of the molecule is CN(C)CCN(C)C(=O)c1cnc(Oc2ccc3ncnc(Nc4ccn(C)n4)c3c2)c(Cl)c1. The van der Waals surface area contributed by atoms with Gasteiger partial charge in [-0.2, -0.15) is 5.10 Å². The zero-order valence-corrected chi connectivity index (χ0v) is 20.1. The lowest BCUT2D eigenvalue weighted by Crippen LogP contribution is -2.33. The predicted molar refractivity (Wildman–Crippen MR) is 131 cm³/mol. The molecule has 0 radical (unpaired) electrons. The van der Waals surface area contributed by atoms with Gasteiger partial charge in [-0.15, -0.1) is 0 Å². The van der Waals surface area contributed by atoms with Crippen LogP contribution in [-0.2, 0) is 7.05 Å². The number of rotatable bonds is 8. The van der Waals surface area contributed by atoms with E-state index < -0.39 is 0 Å². The van der Waals surface area contributed by atoms with Crippen LogP contribution < -0.4 is 10.1 Å². The third-order valence-corrected chi connectivity index (χ3v) is 5.34. The van der Waals surface area contributed by atoms with E-state index in [0.717, 1.165) is 17.4 Å². The van der Waals surface area contributed by atoms with Gasteiger partial charge < -0.3 is 19.9 Å². The van der Waals surface area contributed by atoms with E-state index in [0.29, 0.717) is 29.5 Å². The Morgan fingerprint density at radius 3 is 2.65 bits per heavy atom. The summed E-state index contributed by atoms with van der Waals surface area (Å²) < 4.78 is 7.62. The molecule has 0 atom stereocenters. The number of hydrogen-bond acceptors (Lipinski definition) is 8. The smallest absolute Gasteiger partial charge is 0.255 e. The first-order valence-corrected chi connectivity index (χ1v) is 10.9. The van der Waals surface area contributed by atoms with Gasteiger partial charge in [0.25, 0.3) is 5.91 Å². The number of aryl methyl sites for hydroxylation is 1. The summed E-state index contributed by atoms with van der Waals surface area (Å²) in [6.45, 7) is 1.35. The van der Waals surface area contributed by atoms with E-state index in [2.05, 4.69) is 25.4 Å². The number of nitrogens with one attached hydrogen (secondary N) is 1. The number of carbonyl (C=O) groups excluding carboxylic acids is 1. The molecule has 0 unspecified atom stereocenters. The van der Waals surface area contributed by atoms with Crippen LogP contribution in [0, 0.1) is 0 Å². The molecule has 4 rings (SSSR count). The standard InChI is InChI=1S/C23H25ClN8O2/c1-30(2)9-10-31(3)23(33)15-11-18(24)22(25-13-15)34-16-5-6-19-17(12-16)21(27-14-26-19)28-20-7-8-32(4)29-20/h5-8,11-14H,9-10H2,1-4H3,(H,26,27,28,29). The average molecular weight is 481 g/mol. The fraction of sp³-hybridized carbons (Fsp3) is 0.261. The number of carbonyl (C=O) groups is 1. The molecule has 34 heavy (non-hydrogen) atoms. The van der Waals surface area contributed by atoms with Crippen molar-refractivity contribution in [2.24, 2.45) is 7.05 Å². The molecular weight excluding hydrogens is 456 g/mol. The lowest BCUT2D eigenvalue weighted by molar-refractivity contribution is 0.0786. The van der Waals surface area contributed by atoms with Crippen LogP contribution in [0.3, 0.4) is 0 Å². The zero-order valence-electron chi connectivity index (χ0n) is 19.4. The third-order valence-electron chi connectivity index (χ3n) is 5.07. The highest BCUT2D eigenvalue weighted by atomic mass is 35.5. The summed E-state index contributed by atoms with van der Waals surface area (Å²) in [7, 11) is 7.50. The van der Waals surface area contributed by atoms with Gasteiger partial charge in [-0.05, 0) is 38.4 Å². The fourth-order valence-electron chi connectivity index (χ4n) is 3.20. The summed E-state index contributed by atoms with van der Waals surface area (Å²) in [5, 5.41) is 8.50. The number of pyridine rings is 1. The van der Waals surface area contributed by atoms with Gasteiger partial charge in [-0.25, -0.2) is 15.0 Å². The quantitative estimate of drug-likeness (QED) is 0.408. The number of fused-ring (bicyclic) bond motifs is 1. The molecule has 1 aromatic carbocycles. The molecule has 10 nitrogen and oxygen atoms in total. The number of benzene rings is 1. The summed E-state index contributed by atoms with van der Waals surface area (Å²) in [4.78, 5) is 29.2. The van der Waals surface area contributed by atoms with E-state index in [-0.39, 0.29) is 16.8 Å². The number of hydrogen-bond donors (Lipinski definition) is 1. The number of nitrogens with zero attached hydrogens (tertiary/aromatic N) is 7. The molecule has 4 aromatic rings. The van der Waals surface area contributed by atoms with Gasteiger partial charge in [0.1, 0.15) is 22.9 Å². The van der Waals surface area contributed by atoms with Crippen LogP contribution in [0.5, 0.6) is 11.6 Å². The molecule has 0 spiro atoms. The van der Waals surface area contributed by atoms with E-state index in [1.165, 1.54) is 12.5 Å². The molecule has 176 valence electrons. The Bertz CT molecular complexity index is 1320. The van der Waals surface area contributed by atoms with Crippen LogP contribution >= 0.6 is 11.6 Å². The van der Waals surface area contributed by atoms with Crippen molar-refractivity contribution in [2.45, 2.75) is 0 Å². The number of ether oxygens (including phenoxy) is 1. The number of amides is 1. The Morgan fingerprint density at radius 2 is 1.94 bits per heavy atom. The predicted octanol–water partition coefficient (Wildman–Crippen LogP) is 3.58. The molecule has 11 heteroatoms. The highest BCUT2D eigenvalue weighted by molar-refractivity contribution is 6.32. The van der Waals surface area contributed by atoms with Crippen LogP contribution in [0.4, 0.5) is 11.6 Å². The molecule has 0 bridgehead atoms. The first-order chi connectivity index (χ1) is 16.3. The lowest BCUT2D eigenvalue weighted by Gasteiger charge is -2.19. The largest absolute Gasteiger partial charge is 0.438 e. The molecule has 3 heterocycles. The Morgan fingerprint density at radius 1 is 1.12 bits per heavy atom. The van der Waals surface area contributed by atoms with E-state index >= 15 is 0 Å². The maximum absolute atomic E-state index is 12.7. The van der Waals surface area contributed by atoms with Crippen molar-refractivity contribution in [1.29, 1.82) is 0 Å². The molecule has 0 aliphatic heterocycles. The average Bonchev–Trinajstić information content (AvgIpc) is 3.23. The van der Waals surface area contributed by atoms with Crippen LogP contribution in [-0.4, -0.2) is 74.7 Å². The van der Waals surface area contributed by atoms with Crippen LogP contribution in [0.15, 0.2) is 49.1 Å². The molecular formula is C23H25ClN8O2. The third kappa shape index (κ3) is 5.41. The highest BCUT2D eigenvalue weighted by Crippen LogP contribution is 2.31. The van der Waals surface area contributed by atoms with Crippen molar-refractivity contribution < 1.29 is 9.53 Å². The van der Waals surface area contributed by atoms with Crippen molar-refractivity contribution in [3.05, 3.63) is 59.6 Å². The summed E-state index contributed by atoms with van der Waals surface area (Å²) >= 11 is 6.40. The second-order valence-corrected chi connectivity index (χ2v) is 8.45. The topological polar surface area (TPSA) is 101 Å². The number of likely N-dealkylation sites (N-methyl/N-ethyl adjacent to an activating group) is 2. The zero-order chi connectivity index (χ0) is 24.2. The van der Waals surface area contributed by atoms with Gasteiger partial charge in [0.2, 0.25) is 5.88 Å². The number of aromatic nitrogens is 5. The van der Waals surface area contributed by atoms with Crippen LogP contribution in [0.1, 0.15) is 10.4 Å². The van der Waals surface area contributed by atoms with E-state index in [1.807, 2.05) is 44.4 Å². The van der Waals surface area contributed by atoms with Gasteiger partial charge in [0.15, 0.2) is 5.82 Å². The van der Waals surface area contributed by atoms with Gasteiger partial charge in [0.05, 0.1) is 11.1 Å². The normalized spacial score (nSPS) is 11.1. The van der Waals surface area contributed by atoms with Crippen LogP contribution in [0.25, 0.3) is 10.9 Å². The first kappa shape index (κ1) is 23.4. The molecule has 3 aromatic heterocycles. The second kappa shape index (κ2) is 10.0. The van der Waals surface area contributed by atoms with Crippen molar-refractivity contribution in [2.75, 3.05) is 39.5 Å². The van der Waals surface area contributed by atoms with Gasteiger partial charge in [-0.3, -0.25) is 9.48 Å². The summed E-state index contributed by atoms with van der Waals surface area (Å²) in [5.74, 6) is 1.80. The maximum Gasteiger partial charge on any atom is 0.255 e. The second-order valence-electron chi connectivity index (χ2n) is 8.04. The molecule has 1 N–H and O–H groups in total. The maximum atomic E-state index is 12.7. The molecule has 0 saturated carbocycles. The Kier molecular flexibility index (Phi) is 6.90. The molecule has 0 aliphatic rings. The van der Waals surface area contributed by atoms with Crippen molar-refractivity contribution in [3.8, 4) is 11.6 Å². The van der Waals surface area contributed by atoms with Crippen LogP contribution in [0.2, 0.25) is 5.02 Å². The van der Waals surface area contributed by atoms with Gasteiger partial charge in [-0.1, -0.05) is 11.6 Å². The summed E-state index contributed by atoms with van der Waals surface area (Å²) in [5.41, 5.74) is 1.13. The van der Waals surface area contributed by atoms with Gasteiger partial charge >= 0.3 is 0 Å². The molecule has 1 amide bonds.